The molecule has 1 aliphatic heterocycles. The number of hydrogen-bond acceptors (Lipinski definition) is 2. The number of fused-ring (bicyclic) bond motifs is 1. The van der Waals surface area contributed by atoms with Crippen LogP contribution in [0.1, 0.15) is 39.5 Å². The van der Waals surface area contributed by atoms with Crippen LogP contribution in [-0.4, -0.2) is 22.9 Å². The molecule has 1 unspecified atom stereocenters. The Labute approximate surface area is 73.9 Å². The van der Waals surface area contributed by atoms with Gasteiger partial charge in [-0.15, -0.1) is 0 Å². The van der Waals surface area contributed by atoms with E-state index in [9.17, 15) is 5.11 Å². The molecule has 1 aliphatic carbocycles. The molecule has 0 radical (unpaired) electrons. The van der Waals surface area contributed by atoms with Crippen molar-refractivity contribution < 1.29 is 9.84 Å². The zero-order valence-corrected chi connectivity index (χ0v) is 7.92. The summed E-state index contributed by atoms with van der Waals surface area (Å²) in [5, 5.41) is 9.30. The van der Waals surface area contributed by atoms with Crippen molar-refractivity contribution >= 4 is 0 Å². The van der Waals surface area contributed by atoms with Gasteiger partial charge in [0, 0.05) is 6.42 Å². The van der Waals surface area contributed by atoms with Crippen LogP contribution in [0.4, 0.5) is 0 Å². The van der Waals surface area contributed by atoms with Crippen LogP contribution in [0, 0.1) is 5.92 Å². The number of epoxide rings is 1. The number of aliphatic hydroxyl groups is 1. The molecule has 2 aliphatic rings. The van der Waals surface area contributed by atoms with Gasteiger partial charge in [-0.25, -0.2) is 0 Å². The van der Waals surface area contributed by atoms with Gasteiger partial charge < -0.3 is 9.84 Å². The summed E-state index contributed by atoms with van der Waals surface area (Å²) >= 11 is 0. The van der Waals surface area contributed by atoms with Crippen LogP contribution in [0.2, 0.25) is 0 Å². The monoisotopic (exact) mass is 170 g/mol. The van der Waals surface area contributed by atoms with Crippen LogP contribution in [0.5, 0.6) is 0 Å². The van der Waals surface area contributed by atoms with Gasteiger partial charge in [-0.1, -0.05) is 13.3 Å². The van der Waals surface area contributed by atoms with Crippen molar-refractivity contribution in [1.29, 1.82) is 0 Å². The first kappa shape index (κ1) is 8.52. The van der Waals surface area contributed by atoms with Crippen molar-refractivity contribution in [3.63, 3.8) is 0 Å². The molecule has 0 bridgehead atoms. The van der Waals surface area contributed by atoms with Gasteiger partial charge in [0.05, 0.1) is 17.8 Å². The SMILES string of the molecule is CC(O)C[C@]12CCC[C@H](C)[C@H]1O2. The molecule has 0 aromatic carbocycles. The highest BCUT2D eigenvalue weighted by Gasteiger charge is 2.59. The second-order valence-corrected chi connectivity index (χ2v) is 4.53. The lowest BCUT2D eigenvalue weighted by molar-refractivity contribution is 0.134. The third-order valence-corrected chi connectivity index (χ3v) is 3.24. The summed E-state index contributed by atoms with van der Waals surface area (Å²) in [6.45, 7) is 4.11. The number of rotatable bonds is 2. The van der Waals surface area contributed by atoms with Crippen molar-refractivity contribution in [3.8, 4) is 0 Å². The van der Waals surface area contributed by atoms with E-state index >= 15 is 0 Å². The summed E-state index contributed by atoms with van der Waals surface area (Å²) in [4.78, 5) is 0. The molecule has 0 aromatic rings. The maximum atomic E-state index is 9.30. The zero-order valence-electron chi connectivity index (χ0n) is 7.92. The molecule has 1 heterocycles. The molecule has 1 saturated carbocycles. The molecule has 2 heteroatoms. The fourth-order valence-corrected chi connectivity index (χ4v) is 2.70. The maximum Gasteiger partial charge on any atom is 0.0975 e. The molecular formula is C10H18O2. The Hall–Kier alpha value is -0.0800. The first-order chi connectivity index (χ1) is 5.64. The fourth-order valence-electron chi connectivity index (χ4n) is 2.70. The lowest BCUT2D eigenvalue weighted by Crippen LogP contribution is -2.28. The number of hydrogen-bond donors (Lipinski definition) is 1. The molecule has 70 valence electrons. The van der Waals surface area contributed by atoms with E-state index in [0.717, 1.165) is 12.8 Å². The predicted molar refractivity (Wildman–Crippen MR) is 46.9 cm³/mol. The Morgan fingerprint density at radius 2 is 2.42 bits per heavy atom. The van der Waals surface area contributed by atoms with E-state index in [4.69, 9.17) is 4.74 Å². The van der Waals surface area contributed by atoms with Crippen molar-refractivity contribution in [1.82, 2.24) is 0 Å². The van der Waals surface area contributed by atoms with E-state index in [1.54, 1.807) is 0 Å². The van der Waals surface area contributed by atoms with Gasteiger partial charge in [0.2, 0.25) is 0 Å². The molecule has 2 rings (SSSR count). The Kier molecular flexibility index (Phi) is 1.92. The zero-order chi connectivity index (χ0) is 8.77. The van der Waals surface area contributed by atoms with Crippen molar-refractivity contribution in [2.24, 2.45) is 5.92 Å². The first-order valence-electron chi connectivity index (χ1n) is 5.00. The lowest BCUT2D eigenvalue weighted by Gasteiger charge is -2.22. The minimum absolute atomic E-state index is 0.0891. The fraction of sp³-hybridized carbons (Fsp3) is 1.00. The van der Waals surface area contributed by atoms with E-state index in [1.165, 1.54) is 12.8 Å². The molecular weight excluding hydrogens is 152 g/mol. The van der Waals surface area contributed by atoms with Crippen LogP contribution in [-0.2, 0) is 4.74 Å². The summed E-state index contributed by atoms with van der Waals surface area (Å²) < 4.78 is 5.73. The van der Waals surface area contributed by atoms with Crippen LogP contribution < -0.4 is 0 Å². The van der Waals surface area contributed by atoms with Gasteiger partial charge >= 0.3 is 0 Å². The minimum atomic E-state index is -0.208. The molecule has 12 heavy (non-hydrogen) atoms. The standard InChI is InChI=1S/C10H18O2/c1-7-4-3-5-10(6-8(2)11)9(7)12-10/h7-9,11H,3-6H2,1-2H3/t7-,8?,9+,10+/m0/s1. The van der Waals surface area contributed by atoms with Crippen LogP contribution >= 0.6 is 0 Å². The first-order valence-corrected chi connectivity index (χ1v) is 5.00. The van der Waals surface area contributed by atoms with Gasteiger partial charge in [0.15, 0.2) is 0 Å². The topological polar surface area (TPSA) is 32.8 Å². The third-order valence-electron chi connectivity index (χ3n) is 3.24. The summed E-state index contributed by atoms with van der Waals surface area (Å²) in [6, 6.07) is 0. The highest BCUT2D eigenvalue weighted by atomic mass is 16.6. The quantitative estimate of drug-likeness (QED) is 0.640. The summed E-state index contributed by atoms with van der Waals surface area (Å²) in [7, 11) is 0. The molecule has 2 fully saturated rings. The number of ether oxygens (including phenoxy) is 1. The molecule has 2 nitrogen and oxygen atoms in total. The Morgan fingerprint density at radius 1 is 1.67 bits per heavy atom. The Bertz CT molecular complexity index is 179. The maximum absolute atomic E-state index is 9.30. The van der Waals surface area contributed by atoms with E-state index < -0.39 is 0 Å². The summed E-state index contributed by atoms with van der Waals surface area (Å²) in [5.41, 5.74) is 0.0891. The van der Waals surface area contributed by atoms with Gasteiger partial charge in [0.1, 0.15) is 0 Å². The average Bonchev–Trinajstić information content (AvgIpc) is 2.62. The van der Waals surface area contributed by atoms with Crippen molar-refractivity contribution in [3.05, 3.63) is 0 Å². The van der Waals surface area contributed by atoms with Crippen molar-refractivity contribution in [2.75, 3.05) is 0 Å². The molecule has 1 saturated heterocycles. The van der Waals surface area contributed by atoms with Crippen LogP contribution in [0.15, 0.2) is 0 Å². The molecule has 0 aromatic heterocycles. The highest BCUT2D eigenvalue weighted by molar-refractivity contribution is 5.08. The lowest BCUT2D eigenvalue weighted by atomic mass is 9.80. The van der Waals surface area contributed by atoms with Gasteiger partial charge in [0.25, 0.3) is 0 Å². The summed E-state index contributed by atoms with van der Waals surface area (Å²) in [6.07, 6.45) is 4.81. The molecule has 0 spiro atoms. The minimum Gasteiger partial charge on any atom is -0.393 e. The van der Waals surface area contributed by atoms with Crippen molar-refractivity contribution in [2.45, 2.75) is 57.3 Å². The van der Waals surface area contributed by atoms with E-state index in [1.807, 2.05) is 6.92 Å². The van der Waals surface area contributed by atoms with Crippen LogP contribution in [0.25, 0.3) is 0 Å². The summed E-state index contributed by atoms with van der Waals surface area (Å²) in [5.74, 6) is 0.706. The predicted octanol–water partition coefficient (Wildman–Crippen LogP) is 1.71. The molecule has 1 N–H and O–H groups in total. The van der Waals surface area contributed by atoms with Gasteiger partial charge in [-0.2, -0.15) is 0 Å². The van der Waals surface area contributed by atoms with E-state index in [0.29, 0.717) is 12.0 Å². The van der Waals surface area contributed by atoms with Crippen LogP contribution in [0.3, 0.4) is 0 Å². The molecule has 0 amide bonds. The van der Waals surface area contributed by atoms with E-state index in [-0.39, 0.29) is 11.7 Å². The van der Waals surface area contributed by atoms with E-state index in [2.05, 4.69) is 6.92 Å². The Morgan fingerprint density at radius 3 is 3.08 bits per heavy atom. The highest BCUT2D eigenvalue weighted by Crippen LogP contribution is 2.53. The second kappa shape index (κ2) is 2.71. The Balaban J connectivity index is 1.97. The molecule has 4 atom stereocenters. The normalized spacial score (nSPS) is 48.2. The van der Waals surface area contributed by atoms with Gasteiger partial charge in [-0.3, -0.25) is 0 Å². The second-order valence-electron chi connectivity index (χ2n) is 4.53. The average molecular weight is 170 g/mol. The third kappa shape index (κ3) is 1.27. The number of aliphatic hydroxyl groups excluding tert-OH is 1. The van der Waals surface area contributed by atoms with Gasteiger partial charge in [-0.05, 0) is 25.7 Å². The largest absolute Gasteiger partial charge is 0.393 e. The smallest absolute Gasteiger partial charge is 0.0975 e.